The first-order valence-corrected chi connectivity index (χ1v) is 5.86. The molecule has 0 aliphatic carbocycles. The minimum absolute atomic E-state index is 0.183. The first-order chi connectivity index (χ1) is 8.69. The predicted octanol–water partition coefficient (Wildman–Crippen LogP) is 0.421. The summed E-state index contributed by atoms with van der Waals surface area (Å²) in [4.78, 5) is 15.9. The molecule has 0 radical (unpaired) electrons. The second-order valence-electron chi connectivity index (χ2n) is 4.06. The van der Waals surface area contributed by atoms with Crippen LogP contribution in [0.25, 0.3) is 0 Å². The lowest BCUT2D eigenvalue weighted by molar-refractivity contribution is 0.0941. The van der Waals surface area contributed by atoms with Crippen molar-refractivity contribution in [1.29, 1.82) is 0 Å². The smallest absolute Gasteiger partial charge is 0.291 e. The summed E-state index contributed by atoms with van der Waals surface area (Å²) in [5.41, 5.74) is 0.940. The van der Waals surface area contributed by atoms with E-state index in [1.165, 1.54) is 0 Å². The molecular weight excluding hydrogens is 232 g/mol. The third kappa shape index (κ3) is 2.93. The number of nitrogens with one attached hydrogen (secondary N) is 2. The second kappa shape index (κ2) is 5.44. The lowest BCUT2D eigenvalue weighted by atomic mass is 10.3. The molecule has 0 atom stereocenters. The van der Waals surface area contributed by atoms with Crippen LogP contribution in [0.15, 0.2) is 12.4 Å². The summed E-state index contributed by atoms with van der Waals surface area (Å²) in [5, 5.41) is 13.4. The van der Waals surface area contributed by atoms with Gasteiger partial charge in [-0.25, -0.2) is 4.98 Å². The van der Waals surface area contributed by atoms with Crippen molar-refractivity contribution in [1.82, 2.24) is 30.3 Å². The van der Waals surface area contributed by atoms with Gasteiger partial charge in [-0.2, -0.15) is 5.10 Å². The normalized spacial score (nSPS) is 10.6. The third-order valence-corrected chi connectivity index (χ3v) is 2.43. The van der Waals surface area contributed by atoms with Gasteiger partial charge in [-0.15, -0.1) is 5.10 Å². The molecule has 2 aromatic rings. The number of amides is 1. The van der Waals surface area contributed by atoms with Gasteiger partial charge in [-0.05, 0) is 6.42 Å². The number of carbonyl (C=O) groups is 1. The Bertz CT molecular complexity index is 529. The van der Waals surface area contributed by atoms with Gasteiger partial charge in [0.05, 0.1) is 6.20 Å². The monoisotopic (exact) mass is 248 g/mol. The average Bonchev–Trinajstić information content (AvgIpc) is 2.96. The SMILES string of the molecule is CCCc1nc(C(=O)NCc2cnn(C)c2)n[nH]1. The number of hydrogen-bond donors (Lipinski definition) is 2. The van der Waals surface area contributed by atoms with Crippen LogP contribution in [0, 0.1) is 0 Å². The van der Waals surface area contributed by atoms with Crippen LogP contribution >= 0.6 is 0 Å². The third-order valence-electron chi connectivity index (χ3n) is 2.43. The van der Waals surface area contributed by atoms with Gasteiger partial charge in [-0.3, -0.25) is 14.6 Å². The Morgan fingerprint density at radius 3 is 3.06 bits per heavy atom. The minimum Gasteiger partial charge on any atom is -0.345 e. The Balaban J connectivity index is 1.90. The van der Waals surface area contributed by atoms with Gasteiger partial charge in [0.25, 0.3) is 5.91 Å². The second-order valence-corrected chi connectivity index (χ2v) is 4.06. The van der Waals surface area contributed by atoms with Crippen molar-refractivity contribution in [2.24, 2.45) is 7.05 Å². The average molecular weight is 248 g/mol. The topological polar surface area (TPSA) is 88.5 Å². The quantitative estimate of drug-likeness (QED) is 0.802. The molecule has 7 heteroatoms. The van der Waals surface area contributed by atoms with Crippen LogP contribution in [-0.4, -0.2) is 30.9 Å². The summed E-state index contributed by atoms with van der Waals surface area (Å²) < 4.78 is 1.69. The van der Waals surface area contributed by atoms with Crippen molar-refractivity contribution >= 4 is 5.91 Å². The van der Waals surface area contributed by atoms with Crippen LogP contribution in [0.4, 0.5) is 0 Å². The summed E-state index contributed by atoms with van der Waals surface area (Å²) in [5.74, 6) is 0.642. The molecule has 2 aromatic heterocycles. The molecule has 0 saturated carbocycles. The van der Waals surface area contributed by atoms with Crippen molar-refractivity contribution in [2.45, 2.75) is 26.3 Å². The highest BCUT2D eigenvalue weighted by molar-refractivity contribution is 5.90. The molecule has 0 spiro atoms. The van der Waals surface area contributed by atoms with E-state index in [1.807, 2.05) is 20.2 Å². The molecule has 7 nitrogen and oxygen atoms in total. The highest BCUT2D eigenvalue weighted by Crippen LogP contribution is 1.99. The van der Waals surface area contributed by atoms with Gasteiger partial charge >= 0.3 is 0 Å². The largest absolute Gasteiger partial charge is 0.345 e. The number of aromatic amines is 1. The van der Waals surface area contributed by atoms with Crippen molar-refractivity contribution in [3.05, 3.63) is 29.6 Å². The molecule has 0 aliphatic heterocycles. The molecule has 18 heavy (non-hydrogen) atoms. The molecule has 0 saturated heterocycles. The van der Waals surface area contributed by atoms with Gasteiger partial charge in [-0.1, -0.05) is 6.92 Å². The van der Waals surface area contributed by atoms with Crippen LogP contribution in [0.3, 0.4) is 0 Å². The van der Waals surface area contributed by atoms with Gasteiger partial charge in [0, 0.05) is 31.8 Å². The number of H-pyrrole nitrogens is 1. The van der Waals surface area contributed by atoms with E-state index in [1.54, 1.807) is 10.9 Å². The molecule has 0 fully saturated rings. The zero-order chi connectivity index (χ0) is 13.0. The first kappa shape index (κ1) is 12.3. The van der Waals surface area contributed by atoms with Crippen LogP contribution in [0.5, 0.6) is 0 Å². The molecule has 1 amide bonds. The van der Waals surface area contributed by atoms with Crippen LogP contribution < -0.4 is 5.32 Å². The Labute approximate surface area is 105 Å². The van der Waals surface area contributed by atoms with Crippen LogP contribution in [0.1, 0.15) is 35.4 Å². The summed E-state index contributed by atoms with van der Waals surface area (Å²) >= 11 is 0. The maximum atomic E-state index is 11.8. The van der Waals surface area contributed by atoms with Crippen LogP contribution in [0.2, 0.25) is 0 Å². The van der Waals surface area contributed by atoms with Gasteiger partial charge in [0.2, 0.25) is 5.82 Å². The number of aryl methyl sites for hydroxylation is 2. The zero-order valence-electron chi connectivity index (χ0n) is 10.5. The van der Waals surface area contributed by atoms with Crippen molar-refractivity contribution in [3.63, 3.8) is 0 Å². The highest BCUT2D eigenvalue weighted by atomic mass is 16.2. The van der Waals surface area contributed by atoms with E-state index in [0.717, 1.165) is 24.2 Å². The molecule has 2 N–H and O–H groups in total. The molecule has 2 heterocycles. The standard InChI is InChI=1S/C11H16N6O/c1-3-4-9-14-10(16-15-9)11(18)12-5-8-6-13-17(2)7-8/h6-7H,3-5H2,1-2H3,(H,12,18)(H,14,15,16). The number of nitrogens with zero attached hydrogens (tertiary/aromatic N) is 4. The summed E-state index contributed by atoms with van der Waals surface area (Å²) in [6, 6.07) is 0. The summed E-state index contributed by atoms with van der Waals surface area (Å²) in [7, 11) is 1.83. The maximum Gasteiger partial charge on any atom is 0.291 e. The van der Waals surface area contributed by atoms with E-state index < -0.39 is 0 Å². The molecule has 0 unspecified atom stereocenters. The lowest BCUT2D eigenvalue weighted by Gasteiger charge is -1.98. The molecule has 96 valence electrons. The minimum atomic E-state index is -0.280. The van der Waals surface area contributed by atoms with Crippen molar-refractivity contribution in [2.75, 3.05) is 0 Å². The Morgan fingerprint density at radius 2 is 2.39 bits per heavy atom. The molecule has 0 aromatic carbocycles. The van der Waals surface area contributed by atoms with Gasteiger partial charge in [0.1, 0.15) is 5.82 Å². The Hall–Kier alpha value is -2.18. The maximum absolute atomic E-state index is 11.8. The van der Waals surface area contributed by atoms with E-state index in [-0.39, 0.29) is 11.7 Å². The molecule has 0 bridgehead atoms. The fraction of sp³-hybridized carbons (Fsp3) is 0.455. The van der Waals surface area contributed by atoms with E-state index in [2.05, 4.69) is 25.6 Å². The Kier molecular flexibility index (Phi) is 3.71. The predicted molar refractivity (Wildman–Crippen MR) is 64.8 cm³/mol. The van der Waals surface area contributed by atoms with E-state index in [9.17, 15) is 4.79 Å². The number of hydrogen-bond acceptors (Lipinski definition) is 4. The van der Waals surface area contributed by atoms with Crippen molar-refractivity contribution in [3.8, 4) is 0 Å². The Morgan fingerprint density at radius 1 is 1.56 bits per heavy atom. The highest BCUT2D eigenvalue weighted by Gasteiger charge is 2.11. The number of aromatic nitrogens is 5. The van der Waals surface area contributed by atoms with Gasteiger partial charge in [0.15, 0.2) is 0 Å². The summed E-state index contributed by atoms with van der Waals surface area (Å²) in [6.45, 7) is 2.47. The molecular formula is C11H16N6O. The van der Waals surface area contributed by atoms with Crippen LogP contribution in [-0.2, 0) is 20.0 Å². The molecule has 0 aliphatic rings. The zero-order valence-corrected chi connectivity index (χ0v) is 10.5. The number of carbonyl (C=O) groups excluding carboxylic acids is 1. The van der Waals surface area contributed by atoms with Gasteiger partial charge < -0.3 is 5.32 Å². The van der Waals surface area contributed by atoms with E-state index >= 15 is 0 Å². The van der Waals surface area contributed by atoms with E-state index in [0.29, 0.717) is 6.54 Å². The first-order valence-electron chi connectivity index (χ1n) is 5.86. The number of rotatable bonds is 5. The fourth-order valence-corrected chi connectivity index (χ4v) is 1.57. The van der Waals surface area contributed by atoms with Crippen molar-refractivity contribution < 1.29 is 4.79 Å². The molecule has 2 rings (SSSR count). The fourth-order valence-electron chi connectivity index (χ4n) is 1.57. The lowest BCUT2D eigenvalue weighted by Crippen LogP contribution is -2.23. The summed E-state index contributed by atoms with van der Waals surface area (Å²) in [6.07, 6.45) is 5.32. The van der Waals surface area contributed by atoms with E-state index in [4.69, 9.17) is 0 Å².